The van der Waals surface area contributed by atoms with Crippen LogP contribution in [0.4, 0.5) is 4.39 Å². The number of carbonyl (C=O) groups is 1. The number of aryl methyl sites for hydroxylation is 1. The number of rotatable bonds is 2. The SMILES string of the molecule is Cn1nc(C2(F)CC2)c(C=O)c1Cl. The molecule has 1 fully saturated rings. The predicted octanol–water partition coefficient (Wildman–Crippen LogP) is 1.84. The molecule has 1 aromatic heterocycles. The Morgan fingerprint density at radius 2 is 2.31 bits per heavy atom. The summed E-state index contributed by atoms with van der Waals surface area (Å²) in [7, 11) is 1.59. The zero-order valence-corrected chi connectivity index (χ0v) is 7.81. The second-order valence-corrected chi connectivity index (χ2v) is 3.62. The molecule has 0 aromatic carbocycles. The number of carbonyl (C=O) groups excluding carboxylic acids is 1. The summed E-state index contributed by atoms with van der Waals surface area (Å²) >= 11 is 5.75. The van der Waals surface area contributed by atoms with Crippen molar-refractivity contribution in [2.45, 2.75) is 18.5 Å². The average molecular weight is 203 g/mol. The zero-order chi connectivity index (χ0) is 9.64. The van der Waals surface area contributed by atoms with Gasteiger partial charge >= 0.3 is 0 Å². The minimum atomic E-state index is -1.40. The van der Waals surface area contributed by atoms with Gasteiger partial charge in [0.05, 0.1) is 5.56 Å². The third-order valence-corrected chi connectivity index (χ3v) is 2.69. The van der Waals surface area contributed by atoms with Crippen LogP contribution in [0.25, 0.3) is 0 Å². The molecule has 0 saturated heterocycles. The maximum absolute atomic E-state index is 13.6. The van der Waals surface area contributed by atoms with Crippen molar-refractivity contribution in [2.24, 2.45) is 7.05 Å². The van der Waals surface area contributed by atoms with Gasteiger partial charge in [0, 0.05) is 7.05 Å². The molecule has 0 N–H and O–H groups in total. The summed E-state index contributed by atoms with van der Waals surface area (Å²) in [4.78, 5) is 10.6. The summed E-state index contributed by atoms with van der Waals surface area (Å²) in [5.74, 6) is 0. The molecule has 0 spiro atoms. The fraction of sp³-hybridized carbons (Fsp3) is 0.500. The van der Waals surface area contributed by atoms with Crippen LogP contribution >= 0.6 is 11.6 Å². The van der Waals surface area contributed by atoms with E-state index in [9.17, 15) is 9.18 Å². The Morgan fingerprint density at radius 1 is 1.69 bits per heavy atom. The van der Waals surface area contributed by atoms with Crippen molar-refractivity contribution in [3.8, 4) is 0 Å². The number of alkyl halides is 1. The van der Waals surface area contributed by atoms with E-state index in [0.29, 0.717) is 19.1 Å². The Morgan fingerprint density at radius 3 is 2.77 bits per heavy atom. The fourth-order valence-corrected chi connectivity index (χ4v) is 1.47. The molecule has 0 atom stereocenters. The molecule has 1 aliphatic rings. The van der Waals surface area contributed by atoms with Gasteiger partial charge in [0.25, 0.3) is 0 Å². The number of nitrogens with zero attached hydrogens (tertiary/aromatic N) is 2. The molecule has 2 rings (SSSR count). The van der Waals surface area contributed by atoms with E-state index >= 15 is 0 Å². The first-order chi connectivity index (χ1) is 6.08. The van der Waals surface area contributed by atoms with Gasteiger partial charge in [-0.2, -0.15) is 5.10 Å². The maximum atomic E-state index is 13.6. The topological polar surface area (TPSA) is 34.9 Å². The molecule has 70 valence electrons. The average Bonchev–Trinajstić information content (AvgIpc) is 2.76. The van der Waals surface area contributed by atoms with Crippen molar-refractivity contribution < 1.29 is 9.18 Å². The first-order valence-electron chi connectivity index (χ1n) is 3.95. The Kier molecular flexibility index (Phi) is 1.70. The van der Waals surface area contributed by atoms with Crippen LogP contribution in [0, 0.1) is 0 Å². The Hall–Kier alpha value is -0.900. The van der Waals surface area contributed by atoms with E-state index < -0.39 is 5.67 Å². The first kappa shape index (κ1) is 8.69. The molecule has 3 nitrogen and oxygen atoms in total. The van der Waals surface area contributed by atoms with Crippen molar-refractivity contribution in [1.82, 2.24) is 9.78 Å². The highest BCUT2D eigenvalue weighted by atomic mass is 35.5. The number of aldehydes is 1. The number of hydrogen-bond donors (Lipinski definition) is 0. The fourth-order valence-electron chi connectivity index (χ4n) is 1.30. The highest BCUT2D eigenvalue weighted by Crippen LogP contribution is 2.50. The van der Waals surface area contributed by atoms with E-state index in [1.165, 1.54) is 4.68 Å². The van der Waals surface area contributed by atoms with Crippen LogP contribution in [-0.4, -0.2) is 16.1 Å². The van der Waals surface area contributed by atoms with Crippen LogP contribution in [0.15, 0.2) is 0 Å². The van der Waals surface area contributed by atoms with Crippen LogP contribution in [0.2, 0.25) is 5.15 Å². The van der Waals surface area contributed by atoms with Crippen LogP contribution in [0.1, 0.15) is 28.9 Å². The van der Waals surface area contributed by atoms with Crippen molar-refractivity contribution in [2.75, 3.05) is 0 Å². The Bertz CT molecular complexity index is 370. The second kappa shape index (κ2) is 2.54. The predicted molar refractivity (Wildman–Crippen MR) is 45.6 cm³/mol. The molecule has 0 unspecified atom stereocenters. The number of hydrogen-bond acceptors (Lipinski definition) is 2. The molecular weight excluding hydrogens is 195 g/mol. The number of halogens is 2. The lowest BCUT2D eigenvalue weighted by Gasteiger charge is -1.98. The zero-order valence-electron chi connectivity index (χ0n) is 7.05. The van der Waals surface area contributed by atoms with Gasteiger partial charge in [0.15, 0.2) is 12.0 Å². The summed E-state index contributed by atoms with van der Waals surface area (Å²) in [6.45, 7) is 0. The molecule has 0 radical (unpaired) electrons. The van der Waals surface area contributed by atoms with Gasteiger partial charge in [-0.25, -0.2) is 4.39 Å². The van der Waals surface area contributed by atoms with E-state index in [1.54, 1.807) is 7.05 Å². The second-order valence-electron chi connectivity index (χ2n) is 3.26. The highest BCUT2D eigenvalue weighted by Gasteiger charge is 2.49. The molecule has 1 saturated carbocycles. The van der Waals surface area contributed by atoms with E-state index in [1.807, 2.05) is 0 Å². The summed E-state index contributed by atoms with van der Waals surface area (Å²) in [6.07, 6.45) is 1.42. The third-order valence-electron chi connectivity index (χ3n) is 2.24. The summed E-state index contributed by atoms with van der Waals surface area (Å²) in [5, 5.41) is 4.10. The smallest absolute Gasteiger partial charge is 0.155 e. The Labute approximate surface area is 79.5 Å². The van der Waals surface area contributed by atoms with Crippen LogP contribution in [0.5, 0.6) is 0 Å². The highest BCUT2D eigenvalue weighted by molar-refractivity contribution is 6.32. The van der Waals surface area contributed by atoms with Crippen LogP contribution in [0.3, 0.4) is 0 Å². The molecule has 0 bridgehead atoms. The van der Waals surface area contributed by atoms with Crippen molar-refractivity contribution in [3.05, 3.63) is 16.4 Å². The lowest BCUT2D eigenvalue weighted by Crippen LogP contribution is -2.02. The molecule has 1 heterocycles. The van der Waals surface area contributed by atoms with Gasteiger partial charge in [-0.3, -0.25) is 9.48 Å². The minimum absolute atomic E-state index is 0.184. The molecular formula is C8H8ClFN2O. The summed E-state index contributed by atoms with van der Waals surface area (Å²) in [6, 6.07) is 0. The quantitative estimate of drug-likeness (QED) is 0.686. The van der Waals surface area contributed by atoms with Crippen LogP contribution < -0.4 is 0 Å². The summed E-state index contributed by atoms with van der Waals surface area (Å²) < 4.78 is 14.9. The van der Waals surface area contributed by atoms with Crippen molar-refractivity contribution >= 4 is 17.9 Å². The third kappa shape index (κ3) is 1.16. The van der Waals surface area contributed by atoms with Gasteiger partial charge < -0.3 is 0 Å². The first-order valence-corrected chi connectivity index (χ1v) is 4.33. The standard InChI is InChI=1S/C8H8ClFN2O/c1-12-7(9)5(4-13)6(11-12)8(10)2-3-8/h4H,2-3H2,1H3. The molecule has 13 heavy (non-hydrogen) atoms. The van der Waals surface area contributed by atoms with E-state index in [-0.39, 0.29) is 16.4 Å². The monoisotopic (exact) mass is 202 g/mol. The summed E-state index contributed by atoms with van der Waals surface area (Å²) in [5.41, 5.74) is -1.03. The van der Waals surface area contributed by atoms with Gasteiger partial charge in [0.1, 0.15) is 10.8 Å². The number of aromatic nitrogens is 2. The molecule has 0 amide bonds. The van der Waals surface area contributed by atoms with E-state index in [0.717, 1.165) is 0 Å². The van der Waals surface area contributed by atoms with E-state index in [4.69, 9.17) is 11.6 Å². The van der Waals surface area contributed by atoms with Gasteiger partial charge in [-0.1, -0.05) is 11.6 Å². The van der Waals surface area contributed by atoms with Crippen molar-refractivity contribution in [1.29, 1.82) is 0 Å². The molecule has 0 aliphatic heterocycles. The van der Waals surface area contributed by atoms with Crippen LogP contribution in [-0.2, 0) is 12.7 Å². The molecule has 1 aliphatic carbocycles. The van der Waals surface area contributed by atoms with E-state index in [2.05, 4.69) is 5.10 Å². The van der Waals surface area contributed by atoms with Gasteiger partial charge in [-0.05, 0) is 12.8 Å². The van der Waals surface area contributed by atoms with Crippen molar-refractivity contribution in [3.63, 3.8) is 0 Å². The normalized spacial score (nSPS) is 18.7. The lowest BCUT2D eigenvalue weighted by molar-refractivity contribution is 0.112. The Balaban J connectivity index is 2.57. The van der Waals surface area contributed by atoms with Gasteiger partial charge in [-0.15, -0.1) is 0 Å². The molecule has 1 aromatic rings. The largest absolute Gasteiger partial charge is 0.298 e. The molecule has 5 heteroatoms. The van der Waals surface area contributed by atoms with Gasteiger partial charge in [0.2, 0.25) is 0 Å². The lowest BCUT2D eigenvalue weighted by atomic mass is 10.2. The minimum Gasteiger partial charge on any atom is -0.298 e. The maximum Gasteiger partial charge on any atom is 0.155 e.